The number of fused-ring (bicyclic) bond motifs is 6. The summed E-state index contributed by atoms with van der Waals surface area (Å²) in [6.07, 6.45) is 0. The molecule has 0 N–H and O–H groups in total. The summed E-state index contributed by atoms with van der Waals surface area (Å²) in [6.45, 7) is 0. The molecule has 0 atom stereocenters. The molecule has 5 heteroatoms. The Balaban J connectivity index is 0.871. The van der Waals surface area contributed by atoms with Crippen LogP contribution in [0.25, 0.3) is 134 Å². The van der Waals surface area contributed by atoms with Crippen molar-refractivity contribution in [3.63, 3.8) is 0 Å². The molecule has 13 aromatic rings. The molecule has 318 valence electrons. The maximum atomic E-state index is 6.92. The lowest BCUT2D eigenvalue weighted by Crippen LogP contribution is -1.96. The average molecular weight is 870 g/mol. The van der Waals surface area contributed by atoms with Crippen molar-refractivity contribution >= 4 is 43.8 Å². The number of benzene rings is 9. The first-order chi connectivity index (χ1) is 33.7. The molecule has 4 aromatic heterocycles. The van der Waals surface area contributed by atoms with E-state index in [1.165, 1.54) is 0 Å². The smallest absolute Gasteiger partial charge is 0.160 e. The second-order valence-corrected chi connectivity index (χ2v) is 17.1. The van der Waals surface area contributed by atoms with E-state index < -0.39 is 0 Å². The van der Waals surface area contributed by atoms with E-state index in [2.05, 4.69) is 182 Å². The van der Waals surface area contributed by atoms with Crippen LogP contribution in [0.15, 0.2) is 245 Å². The Hall–Kier alpha value is -9.19. The number of hydrogen-bond acceptors (Lipinski definition) is 5. The summed E-state index contributed by atoms with van der Waals surface area (Å²) in [4.78, 5) is 15.6. The summed E-state index contributed by atoms with van der Waals surface area (Å²) in [5.41, 5.74) is 17.4. The van der Waals surface area contributed by atoms with Gasteiger partial charge in [-0.1, -0.05) is 206 Å². The fourth-order valence-electron chi connectivity index (χ4n) is 9.60. The van der Waals surface area contributed by atoms with Crippen LogP contribution >= 0.6 is 0 Å². The van der Waals surface area contributed by atoms with Gasteiger partial charge in [0.05, 0.1) is 28.0 Å². The first kappa shape index (κ1) is 39.2. The number of furan rings is 2. The molecule has 0 saturated heterocycles. The predicted molar refractivity (Wildman–Crippen MR) is 278 cm³/mol. The van der Waals surface area contributed by atoms with Crippen molar-refractivity contribution in [2.45, 2.75) is 0 Å². The van der Waals surface area contributed by atoms with Crippen LogP contribution in [0, 0.1) is 0 Å². The number of para-hydroxylation sites is 3. The Morgan fingerprint density at radius 2 is 0.853 bits per heavy atom. The predicted octanol–water partition coefficient (Wildman–Crippen LogP) is 17.0. The van der Waals surface area contributed by atoms with Gasteiger partial charge in [0.1, 0.15) is 22.5 Å². The number of nitrogens with zero attached hydrogens (tertiary/aromatic N) is 3. The summed E-state index contributed by atoms with van der Waals surface area (Å²) in [7, 11) is 0. The van der Waals surface area contributed by atoms with E-state index in [-0.39, 0.29) is 0 Å². The van der Waals surface area contributed by atoms with E-state index in [1.807, 2.05) is 54.6 Å². The maximum absolute atomic E-state index is 6.92. The first-order valence-corrected chi connectivity index (χ1v) is 22.8. The minimum atomic E-state index is 0.669. The molecule has 5 nitrogen and oxygen atoms in total. The van der Waals surface area contributed by atoms with Gasteiger partial charge in [-0.3, -0.25) is 0 Å². The number of hydrogen-bond donors (Lipinski definition) is 0. The van der Waals surface area contributed by atoms with Crippen LogP contribution in [-0.2, 0) is 0 Å². The normalized spacial score (nSPS) is 11.5. The Labute approximate surface area is 392 Å². The van der Waals surface area contributed by atoms with E-state index in [0.717, 1.165) is 128 Å². The van der Waals surface area contributed by atoms with Crippen molar-refractivity contribution in [3.05, 3.63) is 237 Å². The molecule has 9 aromatic carbocycles. The Bertz CT molecular complexity index is 3990. The largest absolute Gasteiger partial charge is 0.455 e. The van der Waals surface area contributed by atoms with Crippen LogP contribution < -0.4 is 0 Å². The quantitative estimate of drug-likeness (QED) is 0.152. The molecule has 0 aliphatic rings. The van der Waals surface area contributed by atoms with Gasteiger partial charge in [-0.2, -0.15) is 0 Å². The molecular weight excluding hydrogens is 831 g/mol. The summed E-state index contributed by atoms with van der Waals surface area (Å²) >= 11 is 0. The number of aromatic nitrogens is 3. The van der Waals surface area contributed by atoms with Crippen molar-refractivity contribution in [3.8, 4) is 89.9 Å². The van der Waals surface area contributed by atoms with Crippen molar-refractivity contribution in [2.24, 2.45) is 0 Å². The fraction of sp³-hybridized carbons (Fsp3) is 0. The lowest BCUT2D eigenvalue weighted by atomic mass is 9.94. The van der Waals surface area contributed by atoms with Crippen molar-refractivity contribution in [2.75, 3.05) is 0 Å². The Kier molecular flexibility index (Phi) is 9.43. The lowest BCUT2D eigenvalue weighted by Gasteiger charge is -2.12. The van der Waals surface area contributed by atoms with E-state index in [0.29, 0.717) is 5.82 Å². The lowest BCUT2D eigenvalue weighted by molar-refractivity contribution is 0.636. The molecule has 0 aliphatic carbocycles. The number of pyridine rings is 1. The van der Waals surface area contributed by atoms with E-state index in [1.54, 1.807) is 0 Å². The molecule has 0 saturated carbocycles. The molecule has 0 radical (unpaired) electrons. The highest BCUT2D eigenvalue weighted by molar-refractivity contribution is 6.17. The van der Waals surface area contributed by atoms with Crippen LogP contribution in [0.5, 0.6) is 0 Å². The third kappa shape index (κ3) is 6.84. The monoisotopic (exact) mass is 869 g/mol. The van der Waals surface area contributed by atoms with Crippen LogP contribution in [0.4, 0.5) is 0 Å². The molecule has 13 rings (SSSR count). The molecule has 0 amide bonds. The average Bonchev–Trinajstić information content (AvgIpc) is 4.02. The zero-order chi connectivity index (χ0) is 45.0. The van der Waals surface area contributed by atoms with Crippen molar-refractivity contribution < 1.29 is 8.83 Å². The summed E-state index contributed by atoms with van der Waals surface area (Å²) in [5.74, 6) is 1.50. The molecule has 68 heavy (non-hydrogen) atoms. The van der Waals surface area contributed by atoms with Gasteiger partial charge in [0.25, 0.3) is 0 Å². The molecule has 0 fully saturated rings. The molecule has 0 aliphatic heterocycles. The molecule has 0 unspecified atom stereocenters. The van der Waals surface area contributed by atoms with Crippen molar-refractivity contribution in [1.29, 1.82) is 0 Å². The summed E-state index contributed by atoms with van der Waals surface area (Å²) in [5, 5.41) is 4.20. The van der Waals surface area contributed by atoms with Gasteiger partial charge in [0.2, 0.25) is 0 Å². The van der Waals surface area contributed by atoms with Gasteiger partial charge in [-0.25, -0.2) is 15.0 Å². The van der Waals surface area contributed by atoms with Gasteiger partial charge >= 0.3 is 0 Å². The fourth-order valence-corrected chi connectivity index (χ4v) is 9.60. The van der Waals surface area contributed by atoms with Gasteiger partial charge in [0.15, 0.2) is 5.82 Å². The highest BCUT2D eigenvalue weighted by Crippen LogP contribution is 2.47. The maximum Gasteiger partial charge on any atom is 0.160 e. The van der Waals surface area contributed by atoms with E-state index in [9.17, 15) is 0 Å². The SMILES string of the molecule is c1ccc(-c2nc(-c3ccc(-c4ccc(-c5nc6ccccc6c6oc(-c7ccccc7)c(-c7ccccc7)c56)cc4)cc3)cc(-c3cccc(-c4cccc5c4oc4ccccc45)c3)n2)cc1. The van der Waals surface area contributed by atoms with E-state index >= 15 is 0 Å². The minimum absolute atomic E-state index is 0.669. The first-order valence-electron chi connectivity index (χ1n) is 22.8. The van der Waals surface area contributed by atoms with Crippen LogP contribution in [0.2, 0.25) is 0 Å². The second-order valence-electron chi connectivity index (χ2n) is 17.1. The molecule has 0 bridgehead atoms. The highest BCUT2D eigenvalue weighted by atomic mass is 16.3. The van der Waals surface area contributed by atoms with Gasteiger partial charge < -0.3 is 8.83 Å². The van der Waals surface area contributed by atoms with Gasteiger partial charge in [-0.05, 0) is 52.6 Å². The molecule has 4 heterocycles. The molecular formula is C63H39N3O2. The van der Waals surface area contributed by atoms with Crippen LogP contribution in [-0.4, -0.2) is 15.0 Å². The van der Waals surface area contributed by atoms with Crippen LogP contribution in [0.3, 0.4) is 0 Å². The van der Waals surface area contributed by atoms with E-state index in [4.69, 9.17) is 23.8 Å². The third-order valence-corrected chi connectivity index (χ3v) is 12.9. The second kappa shape index (κ2) is 16.4. The minimum Gasteiger partial charge on any atom is -0.455 e. The topological polar surface area (TPSA) is 65.0 Å². The number of rotatable bonds is 8. The van der Waals surface area contributed by atoms with Gasteiger partial charge in [-0.15, -0.1) is 0 Å². The van der Waals surface area contributed by atoms with Gasteiger partial charge in [0, 0.05) is 55.1 Å². The standard InChI is InChI=1S/C63H39N3O2/c1-4-16-43(17-5-1)57-58-59(64-53-28-12-10-25-52(53)62(58)68-60(57)45-18-6-2-7-19-45)44-36-32-41(33-37-44)40-30-34-42(35-31-40)54-39-55(66-63(65-54)46-20-8-3-9-21-46)48-23-14-22-47(38-48)49-26-15-27-51-50-24-11-13-29-56(50)67-61(49)51/h1-39H. The highest BCUT2D eigenvalue weighted by Gasteiger charge is 2.24. The summed E-state index contributed by atoms with van der Waals surface area (Å²) < 4.78 is 13.4. The Morgan fingerprint density at radius 1 is 0.309 bits per heavy atom. The zero-order valence-electron chi connectivity index (χ0n) is 36.7. The Morgan fingerprint density at radius 3 is 1.59 bits per heavy atom. The summed E-state index contributed by atoms with van der Waals surface area (Å²) in [6, 6.07) is 81.9. The van der Waals surface area contributed by atoms with Crippen LogP contribution in [0.1, 0.15) is 0 Å². The molecule has 0 spiro atoms. The third-order valence-electron chi connectivity index (χ3n) is 12.9. The zero-order valence-corrected chi connectivity index (χ0v) is 36.7. The van der Waals surface area contributed by atoms with Crippen molar-refractivity contribution in [1.82, 2.24) is 15.0 Å².